The third-order valence-electron chi connectivity index (χ3n) is 2.24. The molecule has 0 bridgehead atoms. The number of nitro groups is 1. The molecule has 0 radical (unpaired) electrons. The second-order valence-corrected chi connectivity index (χ2v) is 3.35. The molecule has 0 atom stereocenters. The van der Waals surface area contributed by atoms with Crippen LogP contribution in [0.2, 0.25) is 0 Å². The smallest absolute Gasteiger partial charge is 0.271 e. The topological polar surface area (TPSA) is 136 Å². The number of hydrogen-bond donors (Lipinski definition) is 1. The summed E-state index contributed by atoms with van der Waals surface area (Å²) in [6, 6.07) is 8.48. The number of allylic oxidation sites excluding steroid dienone is 2. The normalized spacial score (nSPS) is 8.50. The third-order valence-corrected chi connectivity index (χ3v) is 2.24. The van der Waals surface area contributed by atoms with Crippen LogP contribution in [0.25, 0.3) is 0 Å². The lowest BCUT2D eigenvalue weighted by atomic mass is 10.2. The summed E-state index contributed by atoms with van der Waals surface area (Å²) in [5, 5.41) is 39.5. The van der Waals surface area contributed by atoms with Crippen LogP contribution in [-0.2, 0) is 0 Å². The molecule has 0 saturated heterocycles. The third kappa shape index (κ3) is 3.00. The van der Waals surface area contributed by atoms with Crippen molar-refractivity contribution >= 4 is 11.4 Å². The van der Waals surface area contributed by atoms with Gasteiger partial charge in [-0.25, -0.2) is 0 Å². The van der Waals surface area contributed by atoms with E-state index in [2.05, 4.69) is 5.32 Å². The van der Waals surface area contributed by atoms with Crippen molar-refractivity contribution in [1.29, 1.82) is 15.8 Å². The maximum absolute atomic E-state index is 10.7. The number of anilines is 1. The van der Waals surface area contributed by atoms with Crippen molar-refractivity contribution in [2.45, 2.75) is 0 Å². The molecule has 0 spiro atoms. The summed E-state index contributed by atoms with van der Waals surface area (Å²) in [5.41, 5.74) is -0.850. The molecule has 0 aliphatic carbocycles. The van der Waals surface area contributed by atoms with Gasteiger partial charge in [0, 0.05) is 12.1 Å². The fourth-order valence-electron chi connectivity index (χ4n) is 1.33. The Morgan fingerprint density at radius 3 is 2.40 bits per heavy atom. The first-order chi connectivity index (χ1) is 9.57. The number of ether oxygens (including phenoxy) is 1. The number of methoxy groups -OCH3 is 1. The zero-order valence-electron chi connectivity index (χ0n) is 10.2. The minimum Gasteiger partial charge on any atom is -0.495 e. The van der Waals surface area contributed by atoms with Gasteiger partial charge < -0.3 is 10.1 Å². The number of rotatable bonds is 4. The highest BCUT2D eigenvalue weighted by atomic mass is 16.6. The van der Waals surface area contributed by atoms with Crippen LogP contribution in [0.15, 0.2) is 29.5 Å². The lowest BCUT2D eigenvalue weighted by Gasteiger charge is -2.09. The molecule has 0 fully saturated rings. The molecular formula is C12H7N5O3. The van der Waals surface area contributed by atoms with E-state index in [-0.39, 0.29) is 22.8 Å². The molecule has 0 aliphatic heterocycles. The fraction of sp³-hybridized carbons (Fsp3) is 0.0833. The Morgan fingerprint density at radius 2 is 1.95 bits per heavy atom. The molecule has 20 heavy (non-hydrogen) atoms. The maximum atomic E-state index is 10.7. The standard InChI is InChI=1S/C12H7N5O3/c1-20-12-3-2-9(17(18)19)4-10(12)16-11(7-15)8(5-13)6-14/h2-4,16H,1H3. The van der Waals surface area contributed by atoms with Crippen LogP contribution < -0.4 is 10.1 Å². The van der Waals surface area contributed by atoms with Crippen LogP contribution in [0.4, 0.5) is 11.4 Å². The molecule has 0 saturated carbocycles. The largest absolute Gasteiger partial charge is 0.495 e. The van der Waals surface area contributed by atoms with Crippen molar-refractivity contribution in [1.82, 2.24) is 0 Å². The maximum Gasteiger partial charge on any atom is 0.271 e. The van der Waals surface area contributed by atoms with Gasteiger partial charge in [0.15, 0.2) is 5.57 Å². The number of nitrogens with zero attached hydrogens (tertiary/aromatic N) is 4. The summed E-state index contributed by atoms with van der Waals surface area (Å²) in [6.07, 6.45) is 0. The molecule has 8 nitrogen and oxygen atoms in total. The van der Waals surface area contributed by atoms with Crippen LogP contribution in [0.3, 0.4) is 0 Å². The first-order valence-electron chi connectivity index (χ1n) is 5.11. The molecule has 0 amide bonds. The minimum atomic E-state index is -0.615. The number of benzene rings is 1. The molecule has 1 aromatic carbocycles. The highest BCUT2D eigenvalue weighted by Gasteiger charge is 2.14. The first-order valence-corrected chi connectivity index (χ1v) is 5.11. The molecule has 0 aromatic heterocycles. The SMILES string of the molecule is COc1ccc([N+](=O)[O-])cc1NC(C#N)=C(C#N)C#N. The van der Waals surface area contributed by atoms with Crippen LogP contribution in [0.5, 0.6) is 5.75 Å². The number of nitrogens with one attached hydrogen (secondary N) is 1. The Kier molecular flexibility index (Phi) is 4.63. The van der Waals surface area contributed by atoms with Gasteiger partial charge >= 0.3 is 0 Å². The molecule has 0 unspecified atom stereocenters. The van der Waals surface area contributed by atoms with Gasteiger partial charge in [-0.3, -0.25) is 10.1 Å². The Labute approximate surface area is 113 Å². The van der Waals surface area contributed by atoms with E-state index < -0.39 is 10.5 Å². The second-order valence-electron chi connectivity index (χ2n) is 3.35. The molecule has 1 aromatic rings. The van der Waals surface area contributed by atoms with Crippen LogP contribution in [0.1, 0.15) is 0 Å². The highest BCUT2D eigenvalue weighted by Crippen LogP contribution is 2.30. The van der Waals surface area contributed by atoms with E-state index in [4.69, 9.17) is 20.5 Å². The number of nitriles is 3. The summed E-state index contributed by atoms with van der Waals surface area (Å²) in [6.45, 7) is 0. The molecule has 98 valence electrons. The number of hydrogen-bond acceptors (Lipinski definition) is 7. The van der Waals surface area contributed by atoms with E-state index >= 15 is 0 Å². The van der Waals surface area contributed by atoms with Crippen molar-refractivity contribution in [3.63, 3.8) is 0 Å². The van der Waals surface area contributed by atoms with E-state index in [1.165, 1.54) is 19.2 Å². The van der Waals surface area contributed by atoms with E-state index in [9.17, 15) is 10.1 Å². The van der Waals surface area contributed by atoms with Gasteiger partial charge in [-0.05, 0) is 6.07 Å². The summed E-state index contributed by atoms with van der Waals surface area (Å²) < 4.78 is 4.99. The zero-order chi connectivity index (χ0) is 15.1. The molecule has 8 heteroatoms. The molecule has 0 heterocycles. The highest BCUT2D eigenvalue weighted by molar-refractivity contribution is 5.67. The van der Waals surface area contributed by atoms with Crippen molar-refractivity contribution in [3.8, 4) is 24.0 Å². The van der Waals surface area contributed by atoms with Gasteiger partial charge in [0.2, 0.25) is 0 Å². The van der Waals surface area contributed by atoms with Gasteiger partial charge in [-0.2, -0.15) is 15.8 Å². The summed E-state index contributed by atoms with van der Waals surface area (Å²) in [7, 11) is 1.34. The predicted octanol–water partition coefficient (Wildman–Crippen LogP) is 1.84. The lowest BCUT2D eigenvalue weighted by molar-refractivity contribution is -0.384. The minimum absolute atomic E-state index is 0.112. The van der Waals surface area contributed by atoms with E-state index in [1.54, 1.807) is 18.2 Å². The van der Waals surface area contributed by atoms with Crippen molar-refractivity contribution in [3.05, 3.63) is 39.6 Å². The molecular weight excluding hydrogens is 262 g/mol. The number of non-ortho nitro benzene ring substituents is 1. The average Bonchev–Trinajstić information content (AvgIpc) is 2.46. The lowest BCUT2D eigenvalue weighted by Crippen LogP contribution is -2.03. The fourth-order valence-corrected chi connectivity index (χ4v) is 1.33. The van der Waals surface area contributed by atoms with Crippen LogP contribution in [0, 0.1) is 44.1 Å². The Hall–Kier alpha value is -3.57. The molecule has 1 N–H and O–H groups in total. The number of nitro benzene ring substituents is 1. The van der Waals surface area contributed by atoms with Gasteiger partial charge in [0.1, 0.15) is 29.7 Å². The monoisotopic (exact) mass is 269 g/mol. The summed E-state index contributed by atoms with van der Waals surface area (Å²) >= 11 is 0. The summed E-state index contributed by atoms with van der Waals surface area (Å²) in [4.78, 5) is 10.1. The summed E-state index contributed by atoms with van der Waals surface area (Å²) in [5.74, 6) is 0.235. The van der Waals surface area contributed by atoms with E-state index in [1.807, 2.05) is 0 Å². The quantitative estimate of drug-likeness (QED) is 0.500. The zero-order valence-corrected chi connectivity index (χ0v) is 10.2. The van der Waals surface area contributed by atoms with Crippen molar-refractivity contribution in [2.75, 3.05) is 12.4 Å². The van der Waals surface area contributed by atoms with E-state index in [0.717, 1.165) is 6.07 Å². The second kappa shape index (κ2) is 6.39. The first kappa shape index (κ1) is 14.5. The van der Waals surface area contributed by atoms with Crippen molar-refractivity contribution in [2.24, 2.45) is 0 Å². The molecule has 1 rings (SSSR count). The van der Waals surface area contributed by atoms with E-state index in [0.29, 0.717) is 0 Å². The van der Waals surface area contributed by atoms with Crippen LogP contribution >= 0.6 is 0 Å². The Morgan fingerprint density at radius 1 is 1.30 bits per heavy atom. The average molecular weight is 269 g/mol. The predicted molar refractivity (Wildman–Crippen MR) is 67.1 cm³/mol. The van der Waals surface area contributed by atoms with Gasteiger partial charge in [0.05, 0.1) is 17.7 Å². The Bertz CT molecular complexity index is 687. The molecule has 0 aliphatic rings. The Balaban J connectivity index is 3.34. The van der Waals surface area contributed by atoms with Gasteiger partial charge in [0.25, 0.3) is 5.69 Å². The van der Waals surface area contributed by atoms with Crippen molar-refractivity contribution < 1.29 is 9.66 Å². The van der Waals surface area contributed by atoms with Crippen LogP contribution in [-0.4, -0.2) is 12.0 Å². The van der Waals surface area contributed by atoms with Gasteiger partial charge in [-0.1, -0.05) is 0 Å². The van der Waals surface area contributed by atoms with Gasteiger partial charge in [-0.15, -0.1) is 0 Å².